The van der Waals surface area contributed by atoms with E-state index in [-0.39, 0.29) is 23.8 Å². The summed E-state index contributed by atoms with van der Waals surface area (Å²) >= 11 is 0. The Morgan fingerprint density at radius 3 is 2.16 bits per heavy atom. The van der Waals surface area contributed by atoms with Crippen LogP contribution in [-0.4, -0.2) is 54.3 Å². The molecule has 0 bridgehead atoms. The molecule has 0 aromatic carbocycles. The minimum atomic E-state index is -0.734. The Kier molecular flexibility index (Phi) is 3.62. The van der Waals surface area contributed by atoms with E-state index in [1.54, 1.807) is 0 Å². The molecule has 2 aliphatic rings. The molecule has 0 aromatic rings. The number of barbiturate groups is 1. The van der Waals surface area contributed by atoms with Gasteiger partial charge in [0, 0.05) is 20.1 Å². The summed E-state index contributed by atoms with van der Waals surface area (Å²) in [6.45, 7) is 4.88. The highest BCUT2D eigenvalue weighted by Crippen LogP contribution is 2.35. The van der Waals surface area contributed by atoms with Crippen molar-refractivity contribution in [3.63, 3.8) is 0 Å². The molecule has 106 valence electrons. The number of rotatable bonds is 2. The van der Waals surface area contributed by atoms with E-state index < -0.39 is 11.9 Å². The molecule has 6 nitrogen and oxygen atoms in total. The van der Waals surface area contributed by atoms with Crippen LogP contribution in [0.2, 0.25) is 0 Å². The van der Waals surface area contributed by atoms with E-state index in [9.17, 15) is 14.4 Å². The van der Waals surface area contributed by atoms with E-state index >= 15 is 0 Å². The summed E-state index contributed by atoms with van der Waals surface area (Å²) in [5, 5.41) is 3.32. The summed E-state index contributed by atoms with van der Waals surface area (Å²) in [5.41, 5.74) is 0. The Bertz CT molecular complexity index is 399. The second kappa shape index (κ2) is 4.92. The number of carbonyl (C=O) groups excluding carboxylic acids is 3. The third kappa shape index (κ3) is 2.04. The maximum absolute atomic E-state index is 12.3. The van der Waals surface area contributed by atoms with Crippen LogP contribution >= 0.6 is 0 Å². The van der Waals surface area contributed by atoms with Crippen molar-refractivity contribution in [3.8, 4) is 0 Å². The number of imide groups is 2. The van der Waals surface area contributed by atoms with E-state index in [2.05, 4.69) is 12.2 Å². The molecule has 19 heavy (non-hydrogen) atoms. The quantitative estimate of drug-likeness (QED) is 0.730. The topological polar surface area (TPSA) is 69.7 Å². The minimum absolute atomic E-state index is 0.0389. The van der Waals surface area contributed by atoms with Crippen molar-refractivity contribution in [2.75, 3.05) is 20.6 Å². The molecular weight excluding hydrogens is 246 g/mol. The van der Waals surface area contributed by atoms with Crippen LogP contribution in [0.4, 0.5) is 4.79 Å². The van der Waals surface area contributed by atoms with Crippen LogP contribution in [0.25, 0.3) is 0 Å². The zero-order valence-corrected chi connectivity index (χ0v) is 11.8. The van der Waals surface area contributed by atoms with Crippen molar-refractivity contribution < 1.29 is 14.4 Å². The lowest BCUT2D eigenvalue weighted by Crippen LogP contribution is -2.60. The lowest BCUT2D eigenvalue weighted by Gasteiger charge is -2.38. The first-order valence-corrected chi connectivity index (χ1v) is 6.72. The van der Waals surface area contributed by atoms with Gasteiger partial charge >= 0.3 is 6.03 Å². The van der Waals surface area contributed by atoms with Gasteiger partial charge in [-0.15, -0.1) is 0 Å². The molecule has 2 saturated heterocycles. The van der Waals surface area contributed by atoms with E-state index in [4.69, 9.17) is 0 Å². The molecule has 4 amide bonds. The van der Waals surface area contributed by atoms with Gasteiger partial charge in [-0.3, -0.25) is 19.4 Å². The van der Waals surface area contributed by atoms with E-state index in [0.717, 1.165) is 22.8 Å². The highest BCUT2D eigenvalue weighted by molar-refractivity contribution is 6.16. The third-order valence-electron chi connectivity index (χ3n) is 4.50. The molecule has 3 unspecified atom stereocenters. The van der Waals surface area contributed by atoms with Gasteiger partial charge in [0.2, 0.25) is 11.8 Å². The number of amides is 4. The Balaban J connectivity index is 2.34. The molecule has 0 spiro atoms. The summed E-state index contributed by atoms with van der Waals surface area (Å²) in [5.74, 6) is -1.22. The fraction of sp³-hybridized carbons (Fsp3) is 0.769. The molecule has 0 aromatic heterocycles. The maximum Gasteiger partial charge on any atom is 0.332 e. The third-order valence-corrected chi connectivity index (χ3v) is 4.50. The van der Waals surface area contributed by atoms with E-state index in [1.807, 2.05) is 6.92 Å². The maximum atomic E-state index is 12.3. The van der Waals surface area contributed by atoms with Gasteiger partial charge in [0.15, 0.2) is 0 Å². The first-order chi connectivity index (χ1) is 8.90. The van der Waals surface area contributed by atoms with Crippen LogP contribution in [0.3, 0.4) is 0 Å². The van der Waals surface area contributed by atoms with Crippen molar-refractivity contribution in [1.82, 2.24) is 15.1 Å². The lowest BCUT2D eigenvalue weighted by atomic mass is 9.77. The van der Waals surface area contributed by atoms with Crippen LogP contribution in [0.5, 0.6) is 0 Å². The number of hydrogen-bond acceptors (Lipinski definition) is 4. The normalized spacial score (nSPS) is 33.5. The van der Waals surface area contributed by atoms with Gasteiger partial charge in [-0.05, 0) is 25.3 Å². The van der Waals surface area contributed by atoms with Gasteiger partial charge < -0.3 is 5.32 Å². The van der Waals surface area contributed by atoms with Crippen molar-refractivity contribution in [3.05, 3.63) is 0 Å². The van der Waals surface area contributed by atoms with Crippen molar-refractivity contribution in [1.29, 1.82) is 0 Å². The second-order valence-corrected chi connectivity index (χ2v) is 5.50. The summed E-state index contributed by atoms with van der Waals surface area (Å²) in [6, 6.07) is -0.434. The number of nitrogens with one attached hydrogen (secondary N) is 1. The highest BCUT2D eigenvalue weighted by Gasteiger charge is 2.51. The molecule has 2 rings (SSSR count). The summed E-state index contributed by atoms with van der Waals surface area (Å²) in [4.78, 5) is 38.5. The number of hydrogen-bond donors (Lipinski definition) is 1. The second-order valence-electron chi connectivity index (χ2n) is 5.50. The van der Waals surface area contributed by atoms with Crippen LogP contribution in [0, 0.1) is 17.8 Å². The summed E-state index contributed by atoms with van der Waals surface area (Å²) in [6.07, 6.45) is 0.917. The monoisotopic (exact) mass is 267 g/mol. The number of urea groups is 1. The van der Waals surface area contributed by atoms with Crippen LogP contribution in [0.1, 0.15) is 20.3 Å². The van der Waals surface area contributed by atoms with E-state index in [0.29, 0.717) is 5.92 Å². The molecule has 2 heterocycles. The Morgan fingerprint density at radius 1 is 1.16 bits per heavy atom. The van der Waals surface area contributed by atoms with Crippen LogP contribution in [-0.2, 0) is 9.59 Å². The van der Waals surface area contributed by atoms with Crippen LogP contribution in [0.15, 0.2) is 0 Å². The van der Waals surface area contributed by atoms with Gasteiger partial charge in [0.25, 0.3) is 0 Å². The van der Waals surface area contributed by atoms with Crippen molar-refractivity contribution in [2.45, 2.75) is 26.3 Å². The minimum Gasteiger partial charge on any atom is -0.314 e. The molecule has 6 heteroatoms. The molecule has 1 N–H and O–H groups in total. The zero-order chi connectivity index (χ0) is 14.3. The van der Waals surface area contributed by atoms with Crippen LogP contribution < -0.4 is 5.32 Å². The summed E-state index contributed by atoms with van der Waals surface area (Å²) in [7, 11) is 2.88. The van der Waals surface area contributed by atoms with Crippen molar-refractivity contribution in [2.24, 2.45) is 17.8 Å². The first kappa shape index (κ1) is 14.0. The molecule has 0 radical (unpaired) electrons. The SMILES string of the molecule is CCC1CNC(C)C1C1C(=O)N(C)C(=O)N(C)C1=O. The average molecular weight is 267 g/mol. The van der Waals surface area contributed by atoms with Gasteiger partial charge in [-0.2, -0.15) is 0 Å². The molecule has 2 aliphatic heterocycles. The smallest absolute Gasteiger partial charge is 0.314 e. The van der Waals surface area contributed by atoms with Crippen molar-refractivity contribution >= 4 is 17.8 Å². The Hall–Kier alpha value is -1.43. The Morgan fingerprint density at radius 2 is 1.68 bits per heavy atom. The largest absolute Gasteiger partial charge is 0.332 e. The predicted octanol–water partition coefficient (Wildman–Crippen LogP) is 0.287. The van der Waals surface area contributed by atoms with Gasteiger partial charge in [-0.1, -0.05) is 13.3 Å². The molecule has 3 atom stereocenters. The van der Waals surface area contributed by atoms with E-state index in [1.165, 1.54) is 14.1 Å². The molecular formula is C13H21N3O3. The lowest BCUT2D eigenvalue weighted by molar-refractivity contribution is -0.151. The Labute approximate surface area is 113 Å². The average Bonchev–Trinajstić information content (AvgIpc) is 2.76. The molecule has 2 fully saturated rings. The standard InChI is InChI=1S/C13H21N3O3/c1-5-8-6-14-7(2)9(8)10-11(17)15(3)13(19)16(4)12(10)18/h7-10,14H,5-6H2,1-4H3. The summed E-state index contributed by atoms with van der Waals surface area (Å²) < 4.78 is 0. The predicted molar refractivity (Wildman–Crippen MR) is 69.2 cm³/mol. The first-order valence-electron chi connectivity index (χ1n) is 6.72. The van der Waals surface area contributed by atoms with Gasteiger partial charge in [0.1, 0.15) is 5.92 Å². The zero-order valence-electron chi connectivity index (χ0n) is 11.8. The highest BCUT2D eigenvalue weighted by atomic mass is 16.2. The molecule has 0 aliphatic carbocycles. The number of nitrogens with zero attached hydrogens (tertiary/aromatic N) is 2. The number of carbonyl (C=O) groups is 3. The molecule has 0 saturated carbocycles. The fourth-order valence-electron chi connectivity index (χ4n) is 3.26. The van der Waals surface area contributed by atoms with Gasteiger partial charge in [0.05, 0.1) is 0 Å². The van der Waals surface area contributed by atoms with Gasteiger partial charge in [-0.25, -0.2) is 4.79 Å². The fourth-order valence-corrected chi connectivity index (χ4v) is 3.26.